The number of hydrogen-bond donors (Lipinski definition) is 3. The molecule has 0 spiro atoms. The van der Waals surface area contributed by atoms with Gasteiger partial charge in [-0.1, -0.05) is 42.5 Å². The van der Waals surface area contributed by atoms with E-state index in [1.54, 1.807) is 24.3 Å². The summed E-state index contributed by atoms with van der Waals surface area (Å²) in [6.45, 7) is -0.289. The lowest BCUT2D eigenvalue weighted by Gasteiger charge is -2.16. The van der Waals surface area contributed by atoms with Crippen molar-refractivity contribution >= 4 is 11.7 Å². The highest BCUT2D eigenvalue weighted by molar-refractivity contribution is 5.93. The van der Waals surface area contributed by atoms with Crippen LogP contribution in [0, 0.1) is 0 Å². The Hall–Kier alpha value is -3.58. The molecule has 1 heterocycles. The highest BCUT2D eigenvalue weighted by atomic mass is 16.5. The van der Waals surface area contributed by atoms with E-state index in [1.807, 2.05) is 49.3 Å². The number of H-pyrrole nitrogens is 1. The summed E-state index contributed by atoms with van der Waals surface area (Å²) in [5.41, 5.74) is 1.80. The second-order valence-electron chi connectivity index (χ2n) is 7.01. The van der Waals surface area contributed by atoms with Gasteiger partial charge in [-0.3, -0.25) is 4.79 Å². The Morgan fingerprint density at radius 3 is 2.33 bits per heavy atom. The third-order valence-corrected chi connectivity index (χ3v) is 4.74. The number of aromatic amines is 1. The Labute approximate surface area is 174 Å². The van der Waals surface area contributed by atoms with Gasteiger partial charge in [0.25, 0.3) is 5.56 Å². The van der Waals surface area contributed by atoms with Crippen molar-refractivity contribution in [3.63, 3.8) is 0 Å². The van der Waals surface area contributed by atoms with Crippen molar-refractivity contribution in [3.05, 3.63) is 81.6 Å². The van der Waals surface area contributed by atoms with E-state index in [2.05, 4.69) is 4.98 Å². The first-order chi connectivity index (χ1) is 14.4. The molecule has 3 N–H and O–H groups in total. The van der Waals surface area contributed by atoms with Gasteiger partial charge in [-0.2, -0.15) is 0 Å². The number of aromatic hydroxyl groups is 1. The molecular formula is C23H24N2O5. The van der Waals surface area contributed by atoms with Gasteiger partial charge in [-0.25, -0.2) is 4.79 Å². The number of aliphatic hydroxyl groups is 1. The topological polar surface area (TPSA) is 103 Å². The van der Waals surface area contributed by atoms with Gasteiger partial charge in [0.15, 0.2) is 5.56 Å². The number of rotatable bonds is 7. The van der Waals surface area contributed by atoms with Gasteiger partial charge >= 0.3 is 5.97 Å². The van der Waals surface area contributed by atoms with Crippen LogP contribution in [0.1, 0.15) is 21.5 Å². The average Bonchev–Trinajstić information content (AvgIpc) is 2.75. The smallest absolute Gasteiger partial charge is 0.347 e. The van der Waals surface area contributed by atoms with Crippen LogP contribution in [0.3, 0.4) is 0 Å². The van der Waals surface area contributed by atoms with Gasteiger partial charge in [0.05, 0.1) is 5.69 Å². The number of esters is 1. The minimum Gasteiger partial charge on any atom is -0.506 e. The first-order valence-corrected chi connectivity index (χ1v) is 9.50. The van der Waals surface area contributed by atoms with E-state index in [9.17, 15) is 19.8 Å². The molecule has 0 atom stereocenters. The summed E-state index contributed by atoms with van der Waals surface area (Å²) in [5, 5.41) is 20.2. The molecule has 0 bridgehead atoms. The Balaban J connectivity index is 1.97. The fourth-order valence-corrected chi connectivity index (χ4v) is 3.14. The number of nitrogens with zero attached hydrogens (tertiary/aromatic N) is 1. The van der Waals surface area contributed by atoms with Crippen LogP contribution in [0.25, 0.3) is 11.3 Å². The molecule has 0 fully saturated rings. The SMILES string of the molecule is CN(C)c1ccc(-c2[nH]c(=O)c(C(=O)OCc3ccccc3)c(O)c2CCO)cc1. The largest absolute Gasteiger partial charge is 0.506 e. The predicted molar refractivity (Wildman–Crippen MR) is 115 cm³/mol. The predicted octanol–water partition coefficient (Wildman–Crippen LogP) is 2.71. The van der Waals surface area contributed by atoms with Gasteiger partial charge in [-0.15, -0.1) is 0 Å². The Morgan fingerprint density at radius 1 is 1.07 bits per heavy atom. The quantitative estimate of drug-likeness (QED) is 0.520. The molecule has 7 nitrogen and oxygen atoms in total. The molecule has 0 aliphatic rings. The molecule has 0 aliphatic heterocycles. The molecule has 3 rings (SSSR count). The number of aromatic nitrogens is 1. The molecule has 0 amide bonds. The standard InChI is InChI=1S/C23H24N2O5/c1-25(2)17-10-8-16(9-11-17)20-18(12-13-26)21(27)19(22(28)24-20)23(29)30-14-15-6-4-3-5-7-15/h3-11,26H,12-14H2,1-2H3,(H2,24,27,28). The number of carbonyl (C=O) groups excluding carboxylic acids is 1. The molecule has 2 aromatic carbocycles. The van der Waals surface area contributed by atoms with Gasteiger partial charge in [0.1, 0.15) is 12.4 Å². The number of ether oxygens (including phenoxy) is 1. The first kappa shape index (κ1) is 21.1. The maximum Gasteiger partial charge on any atom is 0.347 e. The molecule has 7 heteroatoms. The minimum atomic E-state index is -0.925. The number of hydrogen-bond acceptors (Lipinski definition) is 6. The number of pyridine rings is 1. The lowest BCUT2D eigenvalue weighted by molar-refractivity contribution is 0.0467. The van der Waals surface area contributed by atoms with Gasteiger partial charge in [0, 0.05) is 38.4 Å². The summed E-state index contributed by atoms with van der Waals surface area (Å²) < 4.78 is 5.21. The van der Waals surface area contributed by atoms with Crippen LogP contribution < -0.4 is 10.5 Å². The molecule has 0 saturated carbocycles. The van der Waals surface area contributed by atoms with Crippen LogP contribution in [-0.4, -0.2) is 41.9 Å². The minimum absolute atomic E-state index is 0.0262. The molecule has 0 aliphatic carbocycles. The maximum absolute atomic E-state index is 12.6. The Bertz CT molecular complexity index is 1070. The van der Waals surface area contributed by atoms with Crippen LogP contribution in [-0.2, 0) is 17.8 Å². The molecular weight excluding hydrogens is 384 g/mol. The van der Waals surface area contributed by atoms with E-state index in [4.69, 9.17) is 4.74 Å². The normalized spacial score (nSPS) is 10.6. The van der Waals surface area contributed by atoms with Crippen molar-refractivity contribution < 1.29 is 19.7 Å². The van der Waals surface area contributed by atoms with Gasteiger partial charge in [0.2, 0.25) is 0 Å². The number of nitrogens with one attached hydrogen (secondary N) is 1. The van der Waals surface area contributed by atoms with E-state index < -0.39 is 22.8 Å². The molecule has 1 aromatic heterocycles. The molecule has 0 saturated heterocycles. The zero-order valence-corrected chi connectivity index (χ0v) is 16.9. The maximum atomic E-state index is 12.6. The molecule has 0 radical (unpaired) electrons. The van der Waals surface area contributed by atoms with E-state index in [1.165, 1.54) is 0 Å². The number of benzene rings is 2. The van der Waals surface area contributed by atoms with Crippen LogP contribution in [0.4, 0.5) is 5.69 Å². The van der Waals surface area contributed by atoms with Gasteiger partial charge < -0.3 is 24.8 Å². The lowest BCUT2D eigenvalue weighted by atomic mass is 10.00. The first-order valence-electron chi connectivity index (χ1n) is 9.50. The summed E-state index contributed by atoms with van der Waals surface area (Å²) in [7, 11) is 3.82. The summed E-state index contributed by atoms with van der Waals surface area (Å²) in [5.74, 6) is -1.40. The van der Waals surface area contributed by atoms with Crippen molar-refractivity contribution in [2.75, 3.05) is 25.6 Å². The van der Waals surface area contributed by atoms with Crippen molar-refractivity contribution in [1.29, 1.82) is 0 Å². The Morgan fingerprint density at radius 2 is 1.73 bits per heavy atom. The van der Waals surface area contributed by atoms with Crippen molar-refractivity contribution in [1.82, 2.24) is 4.98 Å². The summed E-state index contributed by atoms with van der Waals surface area (Å²) >= 11 is 0. The number of anilines is 1. The molecule has 30 heavy (non-hydrogen) atoms. The zero-order chi connectivity index (χ0) is 21.7. The molecule has 0 unspecified atom stereocenters. The average molecular weight is 408 g/mol. The number of carbonyl (C=O) groups is 1. The number of aliphatic hydroxyl groups excluding tert-OH is 1. The summed E-state index contributed by atoms with van der Waals surface area (Å²) in [6.07, 6.45) is 0.0618. The Kier molecular flexibility index (Phi) is 6.54. The highest BCUT2D eigenvalue weighted by Gasteiger charge is 2.24. The van der Waals surface area contributed by atoms with Crippen LogP contribution >= 0.6 is 0 Å². The van der Waals surface area contributed by atoms with Gasteiger partial charge in [-0.05, 0) is 23.3 Å². The second-order valence-corrected chi connectivity index (χ2v) is 7.01. The fourth-order valence-electron chi connectivity index (χ4n) is 3.14. The molecule has 3 aromatic rings. The van der Waals surface area contributed by atoms with Crippen molar-refractivity contribution in [2.24, 2.45) is 0 Å². The van der Waals surface area contributed by atoms with E-state index in [-0.39, 0.29) is 25.2 Å². The van der Waals surface area contributed by atoms with Crippen LogP contribution in [0.15, 0.2) is 59.4 Å². The van der Waals surface area contributed by atoms with Crippen LogP contribution in [0.5, 0.6) is 5.75 Å². The lowest BCUT2D eigenvalue weighted by Crippen LogP contribution is -2.22. The fraction of sp³-hybridized carbons (Fsp3) is 0.217. The summed E-state index contributed by atoms with van der Waals surface area (Å²) in [6, 6.07) is 16.4. The van der Waals surface area contributed by atoms with E-state index in [0.29, 0.717) is 11.3 Å². The third-order valence-electron chi connectivity index (χ3n) is 4.74. The van der Waals surface area contributed by atoms with Crippen molar-refractivity contribution in [2.45, 2.75) is 13.0 Å². The highest BCUT2D eigenvalue weighted by Crippen LogP contribution is 2.31. The zero-order valence-electron chi connectivity index (χ0n) is 16.9. The summed E-state index contributed by atoms with van der Waals surface area (Å²) in [4.78, 5) is 29.8. The third kappa shape index (κ3) is 4.52. The molecule has 156 valence electrons. The second kappa shape index (κ2) is 9.28. The van der Waals surface area contributed by atoms with Crippen molar-refractivity contribution in [3.8, 4) is 17.0 Å². The monoisotopic (exact) mass is 408 g/mol. The van der Waals surface area contributed by atoms with Crippen LogP contribution in [0.2, 0.25) is 0 Å². The van der Waals surface area contributed by atoms with E-state index >= 15 is 0 Å². The van der Waals surface area contributed by atoms with E-state index in [0.717, 1.165) is 11.3 Å².